The van der Waals surface area contributed by atoms with Gasteiger partial charge in [0.2, 0.25) is 0 Å². The lowest BCUT2D eigenvalue weighted by atomic mass is 10.1. The third-order valence-corrected chi connectivity index (χ3v) is 3.46. The van der Waals surface area contributed by atoms with Crippen LogP contribution in [0.4, 0.5) is 5.82 Å². The second kappa shape index (κ2) is 6.31. The van der Waals surface area contributed by atoms with E-state index in [2.05, 4.69) is 52.0 Å². The van der Waals surface area contributed by atoms with Crippen molar-refractivity contribution in [2.24, 2.45) is 5.92 Å². The molecule has 1 atom stereocenters. The van der Waals surface area contributed by atoms with Crippen LogP contribution in [0.3, 0.4) is 0 Å². The average Bonchev–Trinajstić information content (AvgIpc) is 2.31. The van der Waals surface area contributed by atoms with Crippen molar-refractivity contribution in [1.29, 1.82) is 0 Å². The molecule has 5 heteroatoms. The molecule has 1 N–H and O–H groups in total. The van der Waals surface area contributed by atoms with E-state index in [9.17, 15) is 0 Å². The van der Waals surface area contributed by atoms with Gasteiger partial charge in [-0.05, 0) is 28.3 Å². The molecule has 1 rings (SSSR count). The summed E-state index contributed by atoms with van der Waals surface area (Å²) in [5.74, 6) is 1.90. The van der Waals surface area contributed by atoms with Crippen LogP contribution in [0, 0.1) is 5.92 Å². The van der Waals surface area contributed by atoms with Gasteiger partial charge in [-0.2, -0.15) is 0 Å². The van der Waals surface area contributed by atoms with Gasteiger partial charge >= 0.3 is 0 Å². The molecule has 4 nitrogen and oxygen atoms in total. The van der Waals surface area contributed by atoms with E-state index in [0.717, 1.165) is 28.2 Å². The minimum Gasteiger partial charge on any atom is -0.373 e. The summed E-state index contributed by atoms with van der Waals surface area (Å²) in [5, 5.41) is 3.07. The number of aryl methyl sites for hydroxylation is 1. The predicted octanol–water partition coefficient (Wildman–Crippen LogP) is 3.19. The Bertz CT molecular complexity index is 357. The smallest absolute Gasteiger partial charge is 0.160 e. The summed E-state index contributed by atoms with van der Waals surface area (Å²) in [6.07, 6.45) is 0.791. The van der Waals surface area contributed by atoms with Crippen LogP contribution in [-0.4, -0.2) is 24.1 Å². The Hall–Kier alpha value is -0.680. The van der Waals surface area contributed by atoms with Gasteiger partial charge in [-0.25, -0.2) is 9.97 Å². The van der Waals surface area contributed by atoms with Crippen LogP contribution in [0.15, 0.2) is 4.47 Å². The number of anilines is 1. The van der Waals surface area contributed by atoms with Crippen LogP contribution in [-0.2, 0) is 11.2 Å². The first-order valence-corrected chi connectivity index (χ1v) is 6.61. The molecule has 1 unspecified atom stereocenters. The molecule has 0 fully saturated rings. The van der Waals surface area contributed by atoms with E-state index in [1.165, 1.54) is 0 Å². The number of hydrogen-bond donors (Lipinski definition) is 1. The molecular formula is C12H20BrN3O. The molecule has 0 aliphatic carbocycles. The second-order valence-corrected chi connectivity index (χ2v) is 4.99. The van der Waals surface area contributed by atoms with Gasteiger partial charge < -0.3 is 10.1 Å². The van der Waals surface area contributed by atoms with Crippen molar-refractivity contribution in [2.45, 2.75) is 33.3 Å². The number of hydrogen-bond acceptors (Lipinski definition) is 4. The number of nitrogens with zero attached hydrogens (tertiary/aromatic N) is 2. The third kappa shape index (κ3) is 3.16. The highest BCUT2D eigenvalue weighted by molar-refractivity contribution is 9.10. The van der Waals surface area contributed by atoms with Crippen LogP contribution in [0.25, 0.3) is 0 Å². The monoisotopic (exact) mass is 301 g/mol. The van der Waals surface area contributed by atoms with Gasteiger partial charge in [-0.1, -0.05) is 20.8 Å². The molecule has 0 aliphatic rings. The van der Waals surface area contributed by atoms with E-state index in [-0.39, 0.29) is 6.10 Å². The van der Waals surface area contributed by atoms with Crippen LogP contribution >= 0.6 is 15.9 Å². The Morgan fingerprint density at radius 3 is 2.41 bits per heavy atom. The Morgan fingerprint density at radius 2 is 2.00 bits per heavy atom. The molecule has 1 aromatic heterocycles. The fourth-order valence-electron chi connectivity index (χ4n) is 1.72. The zero-order chi connectivity index (χ0) is 13.0. The van der Waals surface area contributed by atoms with Crippen LogP contribution in [0.5, 0.6) is 0 Å². The maximum Gasteiger partial charge on any atom is 0.160 e. The molecule has 0 spiro atoms. The summed E-state index contributed by atoms with van der Waals surface area (Å²) in [6.45, 7) is 6.28. The highest BCUT2D eigenvalue weighted by Crippen LogP contribution is 2.28. The van der Waals surface area contributed by atoms with Crippen LogP contribution in [0.1, 0.15) is 38.4 Å². The third-order valence-electron chi connectivity index (χ3n) is 2.62. The quantitative estimate of drug-likeness (QED) is 0.907. The van der Waals surface area contributed by atoms with Crippen molar-refractivity contribution in [1.82, 2.24) is 9.97 Å². The van der Waals surface area contributed by atoms with Gasteiger partial charge in [0.15, 0.2) is 5.82 Å². The van der Waals surface area contributed by atoms with E-state index >= 15 is 0 Å². The van der Waals surface area contributed by atoms with Crippen molar-refractivity contribution in [2.75, 3.05) is 19.5 Å². The number of nitrogens with one attached hydrogen (secondary N) is 1. The van der Waals surface area contributed by atoms with Crippen molar-refractivity contribution in [3.63, 3.8) is 0 Å². The number of aromatic nitrogens is 2. The van der Waals surface area contributed by atoms with E-state index in [1.807, 2.05) is 7.05 Å². The topological polar surface area (TPSA) is 47.0 Å². The van der Waals surface area contributed by atoms with Crippen molar-refractivity contribution < 1.29 is 4.74 Å². The second-order valence-electron chi connectivity index (χ2n) is 4.19. The first-order valence-electron chi connectivity index (χ1n) is 5.81. The summed E-state index contributed by atoms with van der Waals surface area (Å²) in [7, 11) is 3.55. The summed E-state index contributed by atoms with van der Waals surface area (Å²) in [5.41, 5.74) is 1.00. The Balaban J connectivity index is 3.24. The molecule has 0 amide bonds. The van der Waals surface area contributed by atoms with Crippen LogP contribution in [0.2, 0.25) is 0 Å². The lowest BCUT2D eigenvalue weighted by Crippen LogP contribution is -2.15. The SMILES string of the molecule is CCc1nc(C(OC)C(C)C)nc(NC)c1Br. The standard InChI is InChI=1S/C12H20BrN3O/c1-6-8-9(13)11(14-4)16-12(15-8)10(17-5)7(2)3/h7,10H,6H2,1-5H3,(H,14,15,16). The van der Waals surface area contributed by atoms with E-state index in [0.29, 0.717) is 5.92 Å². The normalized spacial score (nSPS) is 12.9. The van der Waals surface area contributed by atoms with Gasteiger partial charge in [-0.3, -0.25) is 0 Å². The fourth-order valence-corrected chi connectivity index (χ4v) is 2.37. The molecule has 0 aliphatic heterocycles. The lowest BCUT2D eigenvalue weighted by Gasteiger charge is -2.19. The molecule has 17 heavy (non-hydrogen) atoms. The summed E-state index contributed by atoms with van der Waals surface area (Å²) in [6, 6.07) is 0. The predicted molar refractivity (Wildman–Crippen MR) is 73.2 cm³/mol. The lowest BCUT2D eigenvalue weighted by molar-refractivity contribution is 0.0574. The first kappa shape index (κ1) is 14.4. The molecule has 1 aromatic rings. The van der Waals surface area contributed by atoms with Crippen molar-refractivity contribution in [3.8, 4) is 0 Å². The highest BCUT2D eigenvalue weighted by atomic mass is 79.9. The van der Waals surface area contributed by atoms with E-state index in [1.54, 1.807) is 7.11 Å². The van der Waals surface area contributed by atoms with Crippen molar-refractivity contribution >= 4 is 21.7 Å². The van der Waals surface area contributed by atoms with E-state index < -0.39 is 0 Å². The Labute approximate surface area is 111 Å². The molecule has 96 valence electrons. The van der Waals surface area contributed by atoms with Gasteiger partial charge in [0.05, 0.1) is 10.2 Å². The van der Waals surface area contributed by atoms with Crippen molar-refractivity contribution in [3.05, 3.63) is 16.0 Å². The van der Waals surface area contributed by atoms with Gasteiger partial charge in [0, 0.05) is 14.2 Å². The number of ether oxygens (including phenoxy) is 1. The maximum absolute atomic E-state index is 5.47. The molecule has 0 aromatic carbocycles. The minimum atomic E-state index is -0.0690. The van der Waals surface area contributed by atoms with Crippen LogP contribution < -0.4 is 5.32 Å². The minimum absolute atomic E-state index is 0.0690. The summed E-state index contributed by atoms with van der Waals surface area (Å²) in [4.78, 5) is 9.07. The van der Waals surface area contributed by atoms with E-state index in [4.69, 9.17) is 4.74 Å². The Kier molecular flexibility index (Phi) is 5.33. The molecular weight excluding hydrogens is 282 g/mol. The fraction of sp³-hybridized carbons (Fsp3) is 0.667. The highest BCUT2D eigenvalue weighted by Gasteiger charge is 2.21. The van der Waals surface area contributed by atoms with Gasteiger partial charge in [-0.15, -0.1) is 0 Å². The zero-order valence-corrected chi connectivity index (χ0v) is 12.6. The maximum atomic E-state index is 5.47. The Morgan fingerprint density at radius 1 is 1.35 bits per heavy atom. The molecule has 0 bridgehead atoms. The number of rotatable bonds is 5. The molecule has 0 saturated heterocycles. The van der Waals surface area contributed by atoms with Gasteiger partial charge in [0.25, 0.3) is 0 Å². The zero-order valence-electron chi connectivity index (χ0n) is 11.0. The first-order chi connectivity index (χ1) is 8.04. The summed E-state index contributed by atoms with van der Waals surface area (Å²) < 4.78 is 6.40. The molecule has 0 saturated carbocycles. The molecule has 1 heterocycles. The summed E-state index contributed by atoms with van der Waals surface area (Å²) >= 11 is 3.52. The molecule has 0 radical (unpaired) electrons. The largest absolute Gasteiger partial charge is 0.373 e. The number of halogens is 1. The van der Waals surface area contributed by atoms with Gasteiger partial charge in [0.1, 0.15) is 11.9 Å². The number of methoxy groups -OCH3 is 1. The average molecular weight is 302 g/mol.